The van der Waals surface area contributed by atoms with Gasteiger partial charge in [0.25, 0.3) is 5.82 Å². The molecule has 0 aliphatic heterocycles. The summed E-state index contributed by atoms with van der Waals surface area (Å²) in [7, 11) is 2.14. The van der Waals surface area contributed by atoms with Crippen LogP contribution in [0.5, 0.6) is 0 Å². The van der Waals surface area contributed by atoms with Gasteiger partial charge in [-0.15, -0.1) is 0 Å². The van der Waals surface area contributed by atoms with Crippen molar-refractivity contribution in [2.45, 2.75) is 39.2 Å². The highest BCUT2D eigenvalue weighted by molar-refractivity contribution is 5.15. The second-order valence-electron chi connectivity index (χ2n) is 4.86. The third-order valence-electron chi connectivity index (χ3n) is 3.44. The van der Waals surface area contributed by atoms with Gasteiger partial charge in [-0.3, -0.25) is 0 Å². The molecule has 0 fully saturated rings. The molecular weight excluding hydrogens is 220 g/mol. The number of aryl methyl sites for hydroxylation is 3. The standard InChI is InChI=1S/C16H23N2/c1-3-4-12-18-14-13-17(2)16(18)11-10-15-8-6-5-7-9-15/h5-9,13-14H,3-4,10-12H2,1-2H3/q+1. The summed E-state index contributed by atoms with van der Waals surface area (Å²) in [4.78, 5) is 0. The Bertz CT molecular complexity index is 471. The summed E-state index contributed by atoms with van der Waals surface area (Å²) in [5, 5.41) is 0. The van der Waals surface area contributed by atoms with Crippen LogP contribution in [-0.2, 0) is 26.4 Å². The van der Waals surface area contributed by atoms with E-state index in [1.807, 2.05) is 0 Å². The maximum absolute atomic E-state index is 2.40. The number of nitrogens with zero attached hydrogens (tertiary/aromatic N) is 2. The highest BCUT2D eigenvalue weighted by Crippen LogP contribution is 2.06. The van der Waals surface area contributed by atoms with Gasteiger partial charge in [0.2, 0.25) is 0 Å². The average Bonchev–Trinajstić information content (AvgIpc) is 2.76. The van der Waals surface area contributed by atoms with E-state index in [1.165, 1.54) is 24.2 Å². The minimum Gasteiger partial charge on any atom is -0.237 e. The van der Waals surface area contributed by atoms with E-state index < -0.39 is 0 Å². The molecule has 0 N–H and O–H groups in total. The quantitative estimate of drug-likeness (QED) is 0.690. The van der Waals surface area contributed by atoms with Crippen molar-refractivity contribution in [2.75, 3.05) is 0 Å². The predicted molar refractivity (Wildman–Crippen MR) is 74.4 cm³/mol. The maximum atomic E-state index is 2.40. The molecule has 0 saturated carbocycles. The molecule has 2 rings (SSSR count). The smallest absolute Gasteiger partial charge is 0.237 e. The van der Waals surface area contributed by atoms with Crippen LogP contribution in [0.15, 0.2) is 42.7 Å². The first-order chi connectivity index (χ1) is 8.81. The number of hydrogen-bond acceptors (Lipinski definition) is 0. The molecule has 0 saturated heterocycles. The van der Waals surface area contributed by atoms with Gasteiger partial charge in [0, 0.05) is 0 Å². The molecular formula is C16H23N2+. The van der Waals surface area contributed by atoms with E-state index in [0.29, 0.717) is 0 Å². The van der Waals surface area contributed by atoms with Gasteiger partial charge in [0.1, 0.15) is 12.4 Å². The zero-order chi connectivity index (χ0) is 12.8. The molecule has 1 aromatic heterocycles. The lowest BCUT2D eigenvalue weighted by molar-refractivity contribution is -0.678. The molecule has 0 aliphatic rings. The normalized spacial score (nSPS) is 10.8. The fourth-order valence-corrected chi connectivity index (χ4v) is 2.31. The van der Waals surface area contributed by atoms with Crippen LogP contribution in [0.25, 0.3) is 0 Å². The molecule has 2 aromatic rings. The third kappa shape index (κ3) is 3.22. The van der Waals surface area contributed by atoms with Gasteiger partial charge < -0.3 is 0 Å². The Labute approximate surface area is 110 Å². The fourth-order valence-electron chi connectivity index (χ4n) is 2.31. The summed E-state index contributed by atoms with van der Waals surface area (Å²) in [6.45, 7) is 3.38. The Kier molecular flexibility index (Phi) is 4.57. The molecule has 0 bridgehead atoms. The van der Waals surface area contributed by atoms with E-state index in [1.54, 1.807) is 0 Å². The summed E-state index contributed by atoms with van der Waals surface area (Å²) < 4.78 is 4.64. The van der Waals surface area contributed by atoms with Crippen molar-refractivity contribution in [1.82, 2.24) is 4.57 Å². The zero-order valence-corrected chi connectivity index (χ0v) is 11.5. The van der Waals surface area contributed by atoms with E-state index in [-0.39, 0.29) is 0 Å². The molecule has 96 valence electrons. The van der Waals surface area contributed by atoms with E-state index in [0.717, 1.165) is 19.4 Å². The van der Waals surface area contributed by atoms with E-state index >= 15 is 0 Å². The van der Waals surface area contributed by atoms with Crippen molar-refractivity contribution in [3.63, 3.8) is 0 Å². The zero-order valence-electron chi connectivity index (χ0n) is 11.5. The Morgan fingerprint density at radius 1 is 1.11 bits per heavy atom. The van der Waals surface area contributed by atoms with Gasteiger partial charge >= 0.3 is 0 Å². The van der Waals surface area contributed by atoms with Gasteiger partial charge in [0.15, 0.2) is 0 Å². The van der Waals surface area contributed by atoms with Crippen LogP contribution in [0.3, 0.4) is 0 Å². The monoisotopic (exact) mass is 243 g/mol. The fraction of sp³-hybridized carbons (Fsp3) is 0.438. The number of aromatic nitrogens is 2. The Morgan fingerprint density at radius 2 is 1.89 bits per heavy atom. The Morgan fingerprint density at radius 3 is 2.61 bits per heavy atom. The minimum absolute atomic E-state index is 1.11. The van der Waals surface area contributed by atoms with Crippen molar-refractivity contribution in [1.29, 1.82) is 0 Å². The molecule has 0 radical (unpaired) electrons. The topological polar surface area (TPSA) is 8.81 Å². The average molecular weight is 243 g/mol. The summed E-state index contributed by atoms with van der Waals surface area (Å²) in [5.41, 5.74) is 1.42. The maximum Gasteiger partial charge on any atom is 0.256 e. The number of hydrogen-bond donors (Lipinski definition) is 0. The molecule has 0 amide bonds. The van der Waals surface area contributed by atoms with Crippen molar-refractivity contribution < 1.29 is 4.57 Å². The van der Waals surface area contributed by atoms with Gasteiger partial charge in [-0.05, 0) is 18.4 Å². The molecule has 0 spiro atoms. The van der Waals surface area contributed by atoms with Crippen LogP contribution in [0, 0.1) is 0 Å². The molecule has 18 heavy (non-hydrogen) atoms. The van der Waals surface area contributed by atoms with Crippen LogP contribution in [0.1, 0.15) is 31.2 Å². The lowest BCUT2D eigenvalue weighted by Crippen LogP contribution is -2.32. The lowest BCUT2D eigenvalue weighted by atomic mass is 10.1. The predicted octanol–water partition coefficient (Wildman–Crippen LogP) is 2.90. The Balaban J connectivity index is 2.02. The van der Waals surface area contributed by atoms with Crippen LogP contribution >= 0.6 is 0 Å². The minimum atomic E-state index is 1.11. The summed E-state index contributed by atoms with van der Waals surface area (Å²) >= 11 is 0. The van der Waals surface area contributed by atoms with E-state index in [2.05, 4.69) is 65.8 Å². The number of benzene rings is 1. The third-order valence-corrected chi connectivity index (χ3v) is 3.44. The molecule has 1 aromatic carbocycles. The molecule has 0 aliphatic carbocycles. The summed E-state index contributed by atoms with van der Waals surface area (Å²) in [5.74, 6) is 1.42. The number of imidazole rings is 1. The van der Waals surface area contributed by atoms with Gasteiger partial charge in [0.05, 0.1) is 20.0 Å². The van der Waals surface area contributed by atoms with Gasteiger partial charge in [-0.2, -0.15) is 0 Å². The first-order valence-corrected chi connectivity index (χ1v) is 6.89. The second-order valence-corrected chi connectivity index (χ2v) is 4.86. The molecule has 0 unspecified atom stereocenters. The van der Waals surface area contributed by atoms with Crippen molar-refractivity contribution in [2.24, 2.45) is 7.05 Å². The highest BCUT2D eigenvalue weighted by atomic mass is 15.1. The van der Waals surface area contributed by atoms with Crippen LogP contribution in [-0.4, -0.2) is 4.57 Å². The van der Waals surface area contributed by atoms with Crippen LogP contribution in [0.2, 0.25) is 0 Å². The molecule has 2 nitrogen and oxygen atoms in total. The van der Waals surface area contributed by atoms with Gasteiger partial charge in [-0.25, -0.2) is 9.13 Å². The lowest BCUT2D eigenvalue weighted by Gasteiger charge is -2.03. The first-order valence-electron chi connectivity index (χ1n) is 6.89. The van der Waals surface area contributed by atoms with Crippen molar-refractivity contribution >= 4 is 0 Å². The number of unbranched alkanes of at least 4 members (excludes halogenated alkanes) is 1. The summed E-state index contributed by atoms with van der Waals surface area (Å²) in [6.07, 6.45) is 9.10. The van der Waals surface area contributed by atoms with Crippen molar-refractivity contribution in [3.8, 4) is 0 Å². The van der Waals surface area contributed by atoms with Crippen LogP contribution in [0.4, 0.5) is 0 Å². The van der Waals surface area contributed by atoms with Gasteiger partial charge in [-0.1, -0.05) is 43.7 Å². The molecule has 1 heterocycles. The van der Waals surface area contributed by atoms with Crippen molar-refractivity contribution in [3.05, 3.63) is 54.1 Å². The summed E-state index contributed by atoms with van der Waals surface area (Å²) in [6, 6.07) is 10.7. The SMILES string of the molecule is CCCCn1cc[n+](C)c1CCc1ccccc1. The largest absolute Gasteiger partial charge is 0.256 e. The highest BCUT2D eigenvalue weighted by Gasteiger charge is 2.13. The number of rotatable bonds is 6. The molecule has 2 heteroatoms. The molecule has 0 atom stereocenters. The second kappa shape index (κ2) is 6.39. The van der Waals surface area contributed by atoms with Crippen LogP contribution < -0.4 is 4.57 Å². The van der Waals surface area contributed by atoms with E-state index in [4.69, 9.17) is 0 Å². The first kappa shape index (κ1) is 12.9. The Hall–Kier alpha value is -1.57. The van der Waals surface area contributed by atoms with E-state index in [9.17, 15) is 0 Å².